The second-order valence-corrected chi connectivity index (χ2v) is 7.29. The molecule has 0 saturated carbocycles. The monoisotopic (exact) mass is 400 g/mol. The third-order valence-corrected chi connectivity index (χ3v) is 5.43. The van der Waals surface area contributed by atoms with Crippen LogP contribution in [-0.4, -0.2) is 38.3 Å². The van der Waals surface area contributed by atoms with Crippen molar-refractivity contribution >= 4 is 36.0 Å². The quantitative estimate of drug-likeness (QED) is 0.517. The third kappa shape index (κ3) is 7.56. The van der Waals surface area contributed by atoms with Crippen molar-refractivity contribution in [2.75, 3.05) is 26.5 Å². The average molecular weight is 401 g/mol. The molecule has 2 N–H and O–H groups in total. The Morgan fingerprint density at radius 3 is 2.50 bits per heavy atom. The topological polar surface area (TPSA) is 67.4 Å². The van der Waals surface area contributed by atoms with Crippen LogP contribution in [0.1, 0.15) is 43.7 Å². The van der Waals surface area contributed by atoms with E-state index in [1.165, 1.54) is 7.11 Å². The maximum atomic E-state index is 12.4. The number of halogens is 1. The summed E-state index contributed by atoms with van der Waals surface area (Å²) in [6.07, 6.45) is 5.84. The number of amides is 1. The second kappa shape index (κ2) is 12.2. The van der Waals surface area contributed by atoms with Crippen LogP contribution in [0.4, 0.5) is 0 Å². The molecule has 1 heterocycles. The first-order valence-corrected chi connectivity index (χ1v) is 10.1. The molecule has 0 aliphatic carbocycles. The molecular formula is C19H29ClN2O3S. The van der Waals surface area contributed by atoms with E-state index in [2.05, 4.69) is 10.6 Å². The standard InChI is InChI=1S/C19H28N2O3S.ClH/c1-24-19(23)13-17(15-4-6-16(25-2)7-5-15)21-18(22)8-3-14-9-11-20-12-10-14;/h4-7,14,17,20H,3,8-13H2,1-2H3,(H,21,22);1H. The number of esters is 1. The van der Waals surface area contributed by atoms with E-state index in [4.69, 9.17) is 4.74 Å². The predicted molar refractivity (Wildman–Crippen MR) is 108 cm³/mol. The fourth-order valence-electron chi connectivity index (χ4n) is 3.11. The van der Waals surface area contributed by atoms with Crippen molar-refractivity contribution in [2.24, 2.45) is 5.92 Å². The number of ether oxygens (including phenoxy) is 1. The highest BCUT2D eigenvalue weighted by atomic mass is 35.5. The van der Waals surface area contributed by atoms with Gasteiger partial charge in [-0.05, 0) is 62.2 Å². The molecule has 0 bridgehead atoms. The van der Waals surface area contributed by atoms with E-state index in [0.29, 0.717) is 12.3 Å². The molecule has 26 heavy (non-hydrogen) atoms. The Balaban J connectivity index is 0.00000338. The molecule has 1 fully saturated rings. The fraction of sp³-hybridized carbons (Fsp3) is 0.579. The number of thioether (sulfide) groups is 1. The summed E-state index contributed by atoms with van der Waals surface area (Å²) < 4.78 is 4.78. The highest BCUT2D eigenvalue weighted by Crippen LogP contribution is 2.23. The van der Waals surface area contributed by atoms with Crippen molar-refractivity contribution < 1.29 is 14.3 Å². The third-order valence-electron chi connectivity index (χ3n) is 4.69. The Labute approximate surface area is 166 Å². The molecular weight excluding hydrogens is 372 g/mol. The van der Waals surface area contributed by atoms with Crippen molar-refractivity contribution in [2.45, 2.75) is 43.0 Å². The van der Waals surface area contributed by atoms with Gasteiger partial charge < -0.3 is 15.4 Å². The first kappa shape index (κ1) is 22.8. The van der Waals surface area contributed by atoms with E-state index in [1.54, 1.807) is 11.8 Å². The lowest BCUT2D eigenvalue weighted by Crippen LogP contribution is -2.32. The molecule has 1 aromatic rings. The predicted octanol–water partition coefficient (Wildman–Crippen LogP) is 3.33. The van der Waals surface area contributed by atoms with Gasteiger partial charge in [0.1, 0.15) is 0 Å². The number of hydrogen-bond acceptors (Lipinski definition) is 5. The molecule has 7 heteroatoms. The summed E-state index contributed by atoms with van der Waals surface area (Å²) >= 11 is 1.66. The van der Waals surface area contributed by atoms with Crippen LogP contribution in [0.15, 0.2) is 29.2 Å². The van der Waals surface area contributed by atoms with Crippen molar-refractivity contribution in [1.29, 1.82) is 0 Å². The van der Waals surface area contributed by atoms with Gasteiger partial charge in [-0.2, -0.15) is 0 Å². The van der Waals surface area contributed by atoms with Crippen LogP contribution >= 0.6 is 24.2 Å². The summed E-state index contributed by atoms with van der Waals surface area (Å²) in [7, 11) is 1.37. The van der Waals surface area contributed by atoms with Gasteiger partial charge in [-0.15, -0.1) is 24.2 Å². The van der Waals surface area contributed by atoms with E-state index in [1.807, 2.05) is 30.5 Å². The molecule has 5 nitrogen and oxygen atoms in total. The van der Waals surface area contributed by atoms with Crippen LogP contribution in [0.2, 0.25) is 0 Å². The van der Waals surface area contributed by atoms with Crippen molar-refractivity contribution in [3.05, 3.63) is 29.8 Å². The Hall–Kier alpha value is -1.24. The van der Waals surface area contributed by atoms with Gasteiger partial charge in [-0.25, -0.2) is 0 Å². The lowest BCUT2D eigenvalue weighted by atomic mass is 9.93. The zero-order chi connectivity index (χ0) is 18.1. The Bertz CT molecular complexity index is 562. The largest absolute Gasteiger partial charge is 0.469 e. The minimum absolute atomic E-state index is 0. The summed E-state index contributed by atoms with van der Waals surface area (Å²) in [5, 5.41) is 6.35. The number of methoxy groups -OCH3 is 1. The van der Waals surface area contributed by atoms with E-state index in [9.17, 15) is 9.59 Å². The first-order valence-electron chi connectivity index (χ1n) is 8.83. The number of carbonyl (C=O) groups excluding carboxylic acids is 2. The number of rotatable bonds is 8. The number of nitrogens with one attached hydrogen (secondary N) is 2. The Morgan fingerprint density at radius 2 is 1.92 bits per heavy atom. The van der Waals surface area contributed by atoms with Gasteiger partial charge in [-0.1, -0.05) is 12.1 Å². The van der Waals surface area contributed by atoms with Gasteiger partial charge in [0, 0.05) is 11.3 Å². The summed E-state index contributed by atoms with van der Waals surface area (Å²) in [5.41, 5.74) is 0.929. The zero-order valence-electron chi connectivity index (χ0n) is 15.5. The van der Waals surface area contributed by atoms with E-state index < -0.39 is 0 Å². The fourth-order valence-corrected chi connectivity index (χ4v) is 3.52. The van der Waals surface area contributed by atoms with Crippen LogP contribution in [0, 0.1) is 5.92 Å². The van der Waals surface area contributed by atoms with Gasteiger partial charge in [0.2, 0.25) is 5.91 Å². The van der Waals surface area contributed by atoms with Gasteiger partial charge in [0.25, 0.3) is 0 Å². The minimum atomic E-state index is -0.344. The molecule has 1 saturated heterocycles. The minimum Gasteiger partial charge on any atom is -0.469 e. The van der Waals surface area contributed by atoms with Crippen LogP contribution in [0.3, 0.4) is 0 Å². The average Bonchev–Trinajstić information content (AvgIpc) is 2.66. The second-order valence-electron chi connectivity index (χ2n) is 6.41. The van der Waals surface area contributed by atoms with Crippen LogP contribution in [0.25, 0.3) is 0 Å². The van der Waals surface area contributed by atoms with Gasteiger partial charge in [-0.3, -0.25) is 9.59 Å². The molecule has 1 atom stereocenters. The number of benzene rings is 1. The summed E-state index contributed by atoms with van der Waals surface area (Å²) in [6, 6.07) is 7.60. The molecule has 1 aromatic carbocycles. The molecule has 0 radical (unpaired) electrons. The Morgan fingerprint density at radius 1 is 1.27 bits per heavy atom. The number of piperidine rings is 1. The maximum absolute atomic E-state index is 12.4. The number of hydrogen-bond donors (Lipinski definition) is 2. The molecule has 146 valence electrons. The molecule has 1 aliphatic rings. The van der Waals surface area contributed by atoms with E-state index in [-0.39, 0.29) is 36.7 Å². The van der Waals surface area contributed by atoms with Crippen molar-refractivity contribution in [3.8, 4) is 0 Å². The highest BCUT2D eigenvalue weighted by molar-refractivity contribution is 7.98. The molecule has 1 unspecified atom stereocenters. The summed E-state index contributed by atoms with van der Waals surface area (Å²) in [6.45, 7) is 2.08. The molecule has 0 aromatic heterocycles. The normalized spacial score (nSPS) is 15.6. The molecule has 2 rings (SSSR count). The van der Waals surface area contributed by atoms with Gasteiger partial charge in [0.05, 0.1) is 19.6 Å². The Kier molecular flexibility index (Phi) is 10.7. The van der Waals surface area contributed by atoms with Gasteiger partial charge >= 0.3 is 5.97 Å². The van der Waals surface area contributed by atoms with E-state index >= 15 is 0 Å². The lowest BCUT2D eigenvalue weighted by molar-refractivity contribution is -0.141. The summed E-state index contributed by atoms with van der Waals surface area (Å²) in [4.78, 5) is 25.3. The highest BCUT2D eigenvalue weighted by Gasteiger charge is 2.20. The zero-order valence-corrected chi connectivity index (χ0v) is 17.1. The van der Waals surface area contributed by atoms with E-state index in [0.717, 1.165) is 42.8 Å². The molecule has 1 aliphatic heterocycles. The van der Waals surface area contributed by atoms with Crippen LogP contribution in [0.5, 0.6) is 0 Å². The van der Waals surface area contributed by atoms with Gasteiger partial charge in [0.15, 0.2) is 0 Å². The smallest absolute Gasteiger partial charge is 0.307 e. The summed E-state index contributed by atoms with van der Waals surface area (Å²) in [5.74, 6) is 0.297. The molecule has 1 amide bonds. The number of carbonyl (C=O) groups is 2. The SMILES string of the molecule is COC(=O)CC(NC(=O)CCC1CCNCC1)c1ccc(SC)cc1.Cl. The molecule has 0 spiro atoms. The van der Waals surface area contributed by atoms with Crippen molar-refractivity contribution in [3.63, 3.8) is 0 Å². The van der Waals surface area contributed by atoms with Crippen molar-refractivity contribution in [1.82, 2.24) is 10.6 Å². The maximum Gasteiger partial charge on any atom is 0.307 e. The lowest BCUT2D eigenvalue weighted by Gasteiger charge is -2.23. The van der Waals surface area contributed by atoms with Crippen LogP contribution in [-0.2, 0) is 14.3 Å². The first-order chi connectivity index (χ1) is 12.1. The van der Waals surface area contributed by atoms with Crippen LogP contribution < -0.4 is 10.6 Å².